The smallest absolute Gasteiger partial charge is 0.325 e. The third kappa shape index (κ3) is 2.60. The van der Waals surface area contributed by atoms with Gasteiger partial charge in [0.05, 0.1) is 12.6 Å². The van der Waals surface area contributed by atoms with E-state index in [1.807, 2.05) is 29.8 Å². The lowest BCUT2D eigenvalue weighted by atomic mass is 10.1. The van der Waals surface area contributed by atoms with Crippen LogP contribution in [0.2, 0.25) is 5.02 Å². The van der Waals surface area contributed by atoms with Crippen molar-refractivity contribution in [1.82, 2.24) is 4.57 Å². The van der Waals surface area contributed by atoms with Crippen LogP contribution in [0.25, 0.3) is 10.9 Å². The molecule has 0 unspecified atom stereocenters. The average Bonchev–Trinajstić information content (AvgIpc) is 2.73. The van der Waals surface area contributed by atoms with E-state index in [1.54, 1.807) is 0 Å². The molecule has 4 nitrogen and oxygen atoms in total. The Morgan fingerprint density at radius 2 is 2.21 bits per heavy atom. The number of aromatic nitrogens is 1. The SMILES string of the molecule is COC(=O)Cn1cc(CCN)c2ccc(Cl)c(C)c21. The van der Waals surface area contributed by atoms with Crippen LogP contribution in [0.4, 0.5) is 0 Å². The van der Waals surface area contributed by atoms with E-state index >= 15 is 0 Å². The maximum atomic E-state index is 11.5. The monoisotopic (exact) mass is 280 g/mol. The minimum Gasteiger partial charge on any atom is -0.468 e. The van der Waals surface area contributed by atoms with E-state index in [-0.39, 0.29) is 12.5 Å². The van der Waals surface area contributed by atoms with Crippen molar-refractivity contribution in [2.24, 2.45) is 5.73 Å². The van der Waals surface area contributed by atoms with Gasteiger partial charge in [0.15, 0.2) is 0 Å². The number of carbonyl (C=O) groups excluding carboxylic acids is 1. The number of hydrogen-bond acceptors (Lipinski definition) is 3. The highest BCUT2D eigenvalue weighted by molar-refractivity contribution is 6.32. The quantitative estimate of drug-likeness (QED) is 0.874. The highest BCUT2D eigenvalue weighted by Gasteiger charge is 2.14. The van der Waals surface area contributed by atoms with Crippen molar-refractivity contribution >= 4 is 28.5 Å². The van der Waals surface area contributed by atoms with Crippen molar-refractivity contribution in [3.8, 4) is 0 Å². The maximum Gasteiger partial charge on any atom is 0.325 e. The third-order valence-electron chi connectivity index (χ3n) is 3.25. The number of fused-ring (bicyclic) bond motifs is 1. The van der Waals surface area contributed by atoms with Crippen LogP contribution in [-0.4, -0.2) is 24.2 Å². The molecule has 2 aromatic rings. The average molecular weight is 281 g/mol. The van der Waals surface area contributed by atoms with E-state index in [4.69, 9.17) is 22.1 Å². The summed E-state index contributed by atoms with van der Waals surface area (Å²) in [6.07, 6.45) is 2.73. The van der Waals surface area contributed by atoms with Crippen LogP contribution >= 0.6 is 11.6 Å². The summed E-state index contributed by atoms with van der Waals surface area (Å²) < 4.78 is 6.61. The van der Waals surface area contributed by atoms with Gasteiger partial charge in [0.1, 0.15) is 6.54 Å². The first kappa shape index (κ1) is 13.9. The Morgan fingerprint density at radius 3 is 2.84 bits per heavy atom. The molecule has 0 aliphatic rings. The first-order valence-electron chi connectivity index (χ1n) is 6.12. The van der Waals surface area contributed by atoms with Crippen LogP contribution in [0.5, 0.6) is 0 Å². The summed E-state index contributed by atoms with van der Waals surface area (Å²) in [5, 5.41) is 1.78. The van der Waals surface area contributed by atoms with Gasteiger partial charge in [-0.3, -0.25) is 4.79 Å². The summed E-state index contributed by atoms with van der Waals surface area (Å²) in [6, 6.07) is 3.85. The second-order valence-electron chi connectivity index (χ2n) is 4.47. The number of halogens is 1. The third-order valence-corrected chi connectivity index (χ3v) is 3.66. The van der Waals surface area contributed by atoms with Gasteiger partial charge in [-0.2, -0.15) is 0 Å². The molecule has 102 valence electrons. The fourth-order valence-electron chi connectivity index (χ4n) is 2.31. The number of carbonyl (C=O) groups is 1. The summed E-state index contributed by atoms with van der Waals surface area (Å²) in [5.74, 6) is -0.282. The molecular weight excluding hydrogens is 264 g/mol. The molecule has 0 bridgehead atoms. The zero-order valence-corrected chi connectivity index (χ0v) is 11.8. The molecule has 0 saturated carbocycles. The Balaban J connectivity index is 2.61. The molecule has 0 atom stereocenters. The summed E-state index contributed by atoms with van der Waals surface area (Å²) in [4.78, 5) is 11.5. The van der Waals surface area contributed by atoms with Crippen molar-refractivity contribution in [3.63, 3.8) is 0 Å². The van der Waals surface area contributed by atoms with Crippen molar-refractivity contribution < 1.29 is 9.53 Å². The molecule has 0 radical (unpaired) electrons. The molecule has 0 aliphatic heterocycles. The molecule has 2 rings (SSSR count). The molecule has 0 spiro atoms. The number of methoxy groups -OCH3 is 1. The number of aryl methyl sites for hydroxylation is 1. The Morgan fingerprint density at radius 1 is 1.47 bits per heavy atom. The summed E-state index contributed by atoms with van der Waals surface area (Å²) in [6.45, 7) is 2.70. The number of nitrogens with two attached hydrogens (primary N) is 1. The van der Waals surface area contributed by atoms with Crippen molar-refractivity contribution in [3.05, 3.63) is 34.5 Å². The highest BCUT2D eigenvalue weighted by Crippen LogP contribution is 2.29. The molecule has 1 aromatic heterocycles. The molecule has 0 aliphatic carbocycles. The first-order valence-corrected chi connectivity index (χ1v) is 6.50. The Hall–Kier alpha value is -1.52. The van der Waals surface area contributed by atoms with E-state index < -0.39 is 0 Å². The second-order valence-corrected chi connectivity index (χ2v) is 4.87. The zero-order chi connectivity index (χ0) is 14.0. The highest BCUT2D eigenvalue weighted by atomic mass is 35.5. The lowest BCUT2D eigenvalue weighted by Gasteiger charge is -2.07. The molecule has 1 heterocycles. The fraction of sp³-hybridized carbons (Fsp3) is 0.357. The van der Waals surface area contributed by atoms with Gasteiger partial charge in [0.25, 0.3) is 0 Å². The maximum absolute atomic E-state index is 11.5. The lowest BCUT2D eigenvalue weighted by Crippen LogP contribution is -2.11. The molecule has 1 aromatic carbocycles. The molecule has 5 heteroatoms. The van der Waals surface area contributed by atoms with Gasteiger partial charge in [-0.25, -0.2) is 0 Å². The van der Waals surface area contributed by atoms with Crippen molar-refractivity contribution in [2.75, 3.05) is 13.7 Å². The van der Waals surface area contributed by atoms with Crippen LogP contribution in [0, 0.1) is 6.92 Å². The second kappa shape index (κ2) is 5.63. The number of esters is 1. The Labute approximate surface area is 117 Å². The zero-order valence-electron chi connectivity index (χ0n) is 11.1. The molecule has 19 heavy (non-hydrogen) atoms. The van der Waals surface area contributed by atoms with E-state index in [1.165, 1.54) is 7.11 Å². The number of hydrogen-bond donors (Lipinski definition) is 1. The van der Waals surface area contributed by atoms with Gasteiger partial charge >= 0.3 is 5.97 Å². The Bertz CT molecular complexity index is 619. The minimum absolute atomic E-state index is 0.179. The van der Waals surface area contributed by atoms with E-state index in [2.05, 4.69) is 0 Å². The van der Waals surface area contributed by atoms with Crippen LogP contribution in [-0.2, 0) is 22.5 Å². The van der Waals surface area contributed by atoms with E-state index in [9.17, 15) is 4.79 Å². The first-order chi connectivity index (χ1) is 9.08. The predicted molar refractivity (Wildman–Crippen MR) is 76.5 cm³/mol. The fourth-order valence-corrected chi connectivity index (χ4v) is 2.46. The Kier molecular flexibility index (Phi) is 4.12. The largest absolute Gasteiger partial charge is 0.468 e. The molecule has 2 N–H and O–H groups in total. The molecule has 0 amide bonds. The predicted octanol–water partition coefficient (Wildman–Crippen LogP) is 2.28. The molecule has 0 fully saturated rings. The van der Waals surface area contributed by atoms with Gasteiger partial charge in [0.2, 0.25) is 0 Å². The lowest BCUT2D eigenvalue weighted by molar-refractivity contribution is -0.141. The summed E-state index contributed by atoms with van der Waals surface area (Å²) in [5.41, 5.74) is 8.69. The van der Waals surface area contributed by atoms with E-state index in [0.717, 1.165) is 28.5 Å². The standard InChI is InChI=1S/C14H17ClN2O2/c1-9-12(15)4-3-11-10(5-6-16)7-17(14(9)11)8-13(18)19-2/h3-4,7H,5-6,8,16H2,1-2H3. The van der Waals surface area contributed by atoms with Crippen LogP contribution < -0.4 is 5.73 Å². The number of nitrogens with zero attached hydrogens (tertiary/aromatic N) is 1. The van der Waals surface area contributed by atoms with Gasteiger partial charge < -0.3 is 15.0 Å². The van der Waals surface area contributed by atoms with Crippen molar-refractivity contribution in [2.45, 2.75) is 19.9 Å². The molecular formula is C14H17ClN2O2. The van der Waals surface area contributed by atoms with Crippen molar-refractivity contribution in [1.29, 1.82) is 0 Å². The van der Waals surface area contributed by atoms with Gasteiger partial charge in [0, 0.05) is 16.6 Å². The van der Waals surface area contributed by atoms with Crippen LogP contribution in [0.1, 0.15) is 11.1 Å². The minimum atomic E-state index is -0.282. The summed E-state index contributed by atoms with van der Waals surface area (Å²) in [7, 11) is 1.38. The number of rotatable bonds is 4. The van der Waals surface area contributed by atoms with Gasteiger partial charge in [-0.05, 0) is 37.1 Å². The topological polar surface area (TPSA) is 57.2 Å². The van der Waals surface area contributed by atoms with Gasteiger partial charge in [-0.1, -0.05) is 17.7 Å². The van der Waals surface area contributed by atoms with Crippen LogP contribution in [0.3, 0.4) is 0 Å². The number of ether oxygens (including phenoxy) is 1. The number of benzene rings is 1. The van der Waals surface area contributed by atoms with Crippen LogP contribution in [0.15, 0.2) is 18.3 Å². The molecule has 0 saturated heterocycles. The summed E-state index contributed by atoms with van der Waals surface area (Å²) >= 11 is 6.16. The van der Waals surface area contributed by atoms with E-state index in [0.29, 0.717) is 11.6 Å². The normalized spacial score (nSPS) is 10.9. The van der Waals surface area contributed by atoms with Gasteiger partial charge in [-0.15, -0.1) is 0 Å².